The van der Waals surface area contributed by atoms with Crippen molar-refractivity contribution in [2.24, 2.45) is 40.9 Å². The number of urea groups is 1. The molecule has 0 heterocycles. The first-order chi connectivity index (χ1) is 34.2. The van der Waals surface area contributed by atoms with Gasteiger partial charge in [-0.3, -0.25) is 9.11 Å². The number of hydrogen-bond donors (Lipinski definition) is 4. The predicted molar refractivity (Wildman–Crippen MR) is 272 cm³/mol. The topological polar surface area (TPSA) is 304 Å². The van der Waals surface area contributed by atoms with Crippen LogP contribution in [0.3, 0.4) is 0 Å². The van der Waals surface area contributed by atoms with E-state index in [2.05, 4.69) is 83.4 Å². The van der Waals surface area contributed by atoms with Gasteiger partial charge in [0, 0.05) is 45.3 Å². The number of nitrogens with zero attached hydrogens (tertiary/aromatic N) is 8. The summed E-state index contributed by atoms with van der Waals surface area (Å²) >= 11 is 6.36. The van der Waals surface area contributed by atoms with Gasteiger partial charge < -0.3 is 39.1 Å². The summed E-state index contributed by atoms with van der Waals surface area (Å²) in [5.74, 6) is 1.32. The van der Waals surface area contributed by atoms with Crippen LogP contribution in [-0.2, 0) is 20.2 Å². The minimum atomic E-state index is -4.62. The maximum Gasteiger partial charge on any atom is 0.323 e. The molecule has 0 radical (unpaired) electrons. The fourth-order valence-electron chi connectivity index (χ4n) is 6.41. The molecule has 0 unspecified atom stereocenters. The van der Waals surface area contributed by atoms with Gasteiger partial charge in [-0.15, -0.1) is 30.7 Å². The Labute approximate surface area is 429 Å². The van der Waals surface area contributed by atoms with Crippen molar-refractivity contribution in [2.45, 2.75) is 23.6 Å². The van der Waals surface area contributed by atoms with Gasteiger partial charge in [0.25, 0.3) is 20.2 Å². The summed E-state index contributed by atoms with van der Waals surface area (Å²) in [5, 5.41) is 39.4. The molecule has 0 bridgehead atoms. The zero-order valence-electron chi connectivity index (χ0n) is 39.1. The number of carbonyl (C=O) groups is 1. The lowest BCUT2D eigenvalue weighted by molar-refractivity contribution is 0.262. The molecule has 6 aromatic rings. The first-order valence-electron chi connectivity index (χ1n) is 20.4. The molecule has 0 saturated carbocycles. The van der Waals surface area contributed by atoms with Crippen molar-refractivity contribution in [3.8, 4) is 34.5 Å². The Morgan fingerprint density at radius 2 is 0.681 bits per heavy atom. The van der Waals surface area contributed by atoms with Crippen LogP contribution in [0.4, 0.5) is 61.7 Å². The van der Waals surface area contributed by atoms with Crippen LogP contribution >= 0.6 is 31.9 Å². The fourth-order valence-corrected chi connectivity index (χ4v) is 8.73. The van der Waals surface area contributed by atoms with Gasteiger partial charge in [-0.05, 0) is 73.5 Å². The molecule has 0 fully saturated rings. The van der Waals surface area contributed by atoms with Crippen molar-refractivity contribution in [1.29, 1.82) is 0 Å². The lowest BCUT2D eigenvalue weighted by Gasteiger charge is -2.15. The molecule has 2 amide bonds. The molecule has 376 valence electrons. The number of rotatable bonds is 18. The minimum Gasteiger partial charge on any atom is -0.494 e. The fraction of sp³-hybridized carbons (Fsp3) is 0.178. The summed E-state index contributed by atoms with van der Waals surface area (Å²) < 4.78 is 101. The second-order valence-corrected chi connectivity index (χ2v) is 19.2. The number of anilines is 2. The Morgan fingerprint density at radius 1 is 0.417 bits per heavy atom. The molecule has 0 aliphatic heterocycles. The van der Waals surface area contributed by atoms with Crippen molar-refractivity contribution in [1.82, 2.24) is 0 Å². The van der Waals surface area contributed by atoms with E-state index in [1.165, 1.54) is 103 Å². The first-order valence-corrected chi connectivity index (χ1v) is 24.8. The van der Waals surface area contributed by atoms with Gasteiger partial charge in [-0.1, -0.05) is 31.9 Å². The van der Waals surface area contributed by atoms with E-state index in [0.29, 0.717) is 42.8 Å². The Hall–Kier alpha value is -7.43. The average molecular weight is 1150 g/mol. The highest BCUT2D eigenvalue weighted by atomic mass is 79.9. The van der Waals surface area contributed by atoms with Crippen molar-refractivity contribution < 1.29 is 59.2 Å². The van der Waals surface area contributed by atoms with Gasteiger partial charge in [-0.25, -0.2) is 4.79 Å². The van der Waals surface area contributed by atoms with Crippen LogP contribution in [0, 0.1) is 13.8 Å². The van der Waals surface area contributed by atoms with E-state index in [0.717, 1.165) is 0 Å². The largest absolute Gasteiger partial charge is 0.494 e. The van der Waals surface area contributed by atoms with Crippen molar-refractivity contribution in [3.63, 3.8) is 0 Å². The minimum absolute atomic E-state index is 0.120. The second-order valence-electron chi connectivity index (χ2n) is 14.6. The maximum absolute atomic E-state index is 13.5. The normalized spacial score (nSPS) is 11.9. The van der Waals surface area contributed by atoms with E-state index in [1.807, 2.05) is 0 Å². The molecule has 0 aromatic heterocycles. The SMILES string of the molecule is COc1cc(N=Nc2ccc(Br)cc2S(=O)(=O)O)c(OC)cc1N=Nc1cc(OC)c(NC(=O)Nc2cc(C)c(N=Nc3cc(OC)c(N=Nc4ccc(Br)cc4S(=O)(=O)O)cc3OC)cc2OC)cc1C. The van der Waals surface area contributed by atoms with Gasteiger partial charge in [0.1, 0.15) is 78.4 Å². The van der Waals surface area contributed by atoms with Gasteiger partial charge >= 0.3 is 6.03 Å². The number of nitrogens with one attached hydrogen (secondary N) is 2. The zero-order valence-corrected chi connectivity index (χ0v) is 43.9. The molecule has 72 heavy (non-hydrogen) atoms. The van der Waals surface area contributed by atoms with Crippen LogP contribution in [0.1, 0.15) is 11.1 Å². The van der Waals surface area contributed by atoms with Gasteiger partial charge in [-0.2, -0.15) is 27.1 Å². The Kier molecular flexibility index (Phi) is 17.4. The Morgan fingerprint density at radius 3 is 0.958 bits per heavy atom. The third kappa shape index (κ3) is 13.1. The second kappa shape index (κ2) is 23.2. The molecule has 6 rings (SSSR count). The first kappa shape index (κ1) is 53.9. The monoisotopic (exact) mass is 1150 g/mol. The average Bonchev–Trinajstić information content (AvgIpc) is 3.34. The maximum atomic E-state index is 13.5. The number of amides is 2. The van der Waals surface area contributed by atoms with Crippen LogP contribution in [0.25, 0.3) is 0 Å². The Bertz CT molecular complexity index is 3210. The van der Waals surface area contributed by atoms with E-state index in [1.54, 1.807) is 38.1 Å². The highest BCUT2D eigenvalue weighted by molar-refractivity contribution is 9.10. The molecular formula is C45H42Br2N10O13S2. The van der Waals surface area contributed by atoms with E-state index >= 15 is 0 Å². The van der Waals surface area contributed by atoms with Crippen molar-refractivity contribution in [2.75, 3.05) is 53.3 Å². The lowest BCUT2D eigenvalue weighted by Crippen LogP contribution is -2.20. The number of benzene rings is 6. The summed E-state index contributed by atoms with van der Waals surface area (Å²) in [7, 11) is -0.810. The summed E-state index contributed by atoms with van der Waals surface area (Å²) in [6, 6.07) is 19.9. The quantitative estimate of drug-likeness (QED) is 0.0460. The third-order valence-corrected chi connectivity index (χ3v) is 12.7. The van der Waals surface area contributed by atoms with Crippen molar-refractivity contribution >= 4 is 115 Å². The number of halogens is 2. The molecular weight excluding hydrogens is 1110 g/mol. The number of azo groups is 4. The van der Waals surface area contributed by atoms with Crippen LogP contribution < -0.4 is 39.1 Å². The summed E-state index contributed by atoms with van der Waals surface area (Å²) in [4.78, 5) is 12.6. The molecule has 0 saturated heterocycles. The molecule has 23 nitrogen and oxygen atoms in total. The van der Waals surface area contributed by atoms with Crippen LogP contribution in [0.5, 0.6) is 34.5 Å². The predicted octanol–water partition coefficient (Wildman–Crippen LogP) is 13.7. The molecule has 27 heteroatoms. The highest BCUT2D eigenvalue weighted by Gasteiger charge is 2.20. The zero-order chi connectivity index (χ0) is 52.5. The van der Waals surface area contributed by atoms with E-state index < -0.39 is 36.1 Å². The number of hydrogen-bond acceptors (Lipinski definition) is 19. The summed E-state index contributed by atoms with van der Waals surface area (Å²) in [6.45, 7) is 3.50. The molecule has 0 aliphatic rings. The number of carbonyl (C=O) groups excluding carboxylic acids is 1. The molecule has 0 atom stereocenters. The van der Waals surface area contributed by atoms with E-state index in [4.69, 9.17) is 28.4 Å². The highest BCUT2D eigenvalue weighted by Crippen LogP contribution is 2.44. The molecule has 0 spiro atoms. The third-order valence-electron chi connectivity index (χ3n) is 9.95. The van der Waals surface area contributed by atoms with Crippen LogP contribution in [0.2, 0.25) is 0 Å². The van der Waals surface area contributed by atoms with E-state index in [-0.39, 0.29) is 68.6 Å². The van der Waals surface area contributed by atoms with Gasteiger partial charge in [0.15, 0.2) is 0 Å². The van der Waals surface area contributed by atoms with Gasteiger partial charge in [0.2, 0.25) is 0 Å². The van der Waals surface area contributed by atoms with E-state index in [9.17, 15) is 30.7 Å². The standard InChI is InChI=1S/C45H42Br2N10O13S2/c1-23-13-31(37(65-3)17-29(23)52-56-35-21-39(67-5)33(19-41(35)69-7)54-50-27-11-9-25(46)15-43(27)71(59,60)61)48-45(58)49-32-14-24(2)30(18-38(32)66-4)53-57-36-22-40(68-6)34(20-42(36)70-8)55-51-28-12-10-26(47)16-44(28)72(62,63)64/h9-22H,1-8H3,(H2,48,49,58)(H,59,60,61)(H,62,63,64). The summed E-state index contributed by atoms with van der Waals surface area (Å²) in [6.07, 6.45) is 0. The van der Waals surface area contributed by atoms with Crippen molar-refractivity contribution in [3.05, 3.63) is 105 Å². The van der Waals surface area contributed by atoms with Crippen LogP contribution in [0.15, 0.2) is 145 Å². The lowest BCUT2D eigenvalue weighted by atomic mass is 10.1. The number of methoxy groups -OCH3 is 6. The van der Waals surface area contributed by atoms with Crippen LogP contribution in [-0.4, -0.2) is 74.6 Å². The Balaban J connectivity index is 1.18. The number of aryl methyl sites for hydroxylation is 2. The smallest absolute Gasteiger partial charge is 0.323 e. The molecule has 0 aliphatic carbocycles. The summed E-state index contributed by atoms with van der Waals surface area (Å²) in [5.41, 5.74) is 3.11. The van der Waals surface area contributed by atoms with Gasteiger partial charge in [0.05, 0.1) is 65.4 Å². The molecule has 6 aromatic carbocycles. The number of ether oxygens (including phenoxy) is 6. The molecule has 4 N–H and O–H groups in total.